The van der Waals surface area contributed by atoms with Crippen molar-refractivity contribution in [2.75, 3.05) is 24.2 Å². The molecule has 168 valence electrons. The van der Waals surface area contributed by atoms with Crippen LogP contribution in [-0.2, 0) is 26.2 Å². The van der Waals surface area contributed by atoms with Crippen molar-refractivity contribution in [1.29, 1.82) is 0 Å². The first-order valence-electron chi connectivity index (χ1n) is 9.12. The first-order chi connectivity index (χ1) is 14.4. The van der Waals surface area contributed by atoms with E-state index in [-0.39, 0.29) is 22.3 Å². The SMILES string of the molecule is CNC(=O)[C@@H](C)N(Cc1cccc(Cl)c1)C(=O)CN(c1ccc(Cl)c(Cl)c1)S(C)(=O)=O. The number of halogens is 3. The van der Waals surface area contributed by atoms with Gasteiger partial charge in [-0.05, 0) is 42.8 Å². The topological polar surface area (TPSA) is 86.8 Å². The highest BCUT2D eigenvalue weighted by atomic mass is 35.5. The first-order valence-corrected chi connectivity index (χ1v) is 12.1. The molecule has 0 bridgehead atoms. The predicted octanol–water partition coefficient (Wildman–Crippen LogP) is 3.58. The Bertz CT molecular complexity index is 1080. The molecule has 0 saturated heterocycles. The Morgan fingerprint density at radius 3 is 2.29 bits per heavy atom. The summed E-state index contributed by atoms with van der Waals surface area (Å²) in [6.07, 6.45) is 0.978. The Labute approximate surface area is 196 Å². The van der Waals surface area contributed by atoms with Crippen LogP contribution in [0.25, 0.3) is 0 Å². The van der Waals surface area contributed by atoms with Gasteiger partial charge in [-0.3, -0.25) is 13.9 Å². The first kappa shape index (κ1) is 25.3. The second-order valence-electron chi connectivity index (χ2n) is 6.81. The second kappa shape index (κ2) is 10.5. The number of hydrogen-bond donors (Lipinski definition) is 1. The van der Waals surface area contributed by atoms with Gasteiger partial charge in [0.25, 0.3) is 0 Å². The van der Waals surface area contributed by atoms with E-state index in [0.717, 1.165) is 10.6 Å². The van der Waals surface area contributed by atoms with Gasteiger partial charge in [0, 0.05) is 18.6 Å². The molecule has 7 nitrogen and oxygen atoms in total. The highest BCUT2D eigenvalue weighted by Gasteiger charge is 2.29. The number of sulfonamides is 1. The third-order valence-corrected chi connectivity index (χ3v) is 6.64. The fraction of sp³-hybridized carbons (Fsp3) is 0.300. The summed E-state index contributed by atoms with van der Waals surface area (Å²) >= 11 is 18.0. The van der Waals surface area contributed by atoms with E-state index in [1.807, 2.05) is 0 Å². The van der Waals surface area contributed by atoms with Crippen LogP contribution in [0, 0.1) is 0 Å². The van der Waals surface area contributed by atoms with Crippen molar-refractivity contribution in [3.05, 3.63) is 63.1 Å². The average molecular weight is 507 g/mol. The summed E-state index contributed by atoms with van der Waals surface area (Å²) in [6.45, 7) is 1.09. The van der Waals surface area contributed by atoms with Crippen molar-refractivity contribution in [1.82, 2.24) is 10.2 Å². The van der Waals surface area contributed by atoms with Gasteiger partial charge in [-0.2, -0.15) is 0 Å². The highest BCUT2D eigenvalue weighted by Crippen LogP contribution is 2.28. The Balaban J connectivity index is 2.40. The van der Waals surface area contributed by atoms with Crippen LogP contribution in [-0.4, -0.2) is 51.0 Å². The maximum atomic E-state index is 13.2. The smallest absolute Gasteiger partial charge is 0.244 e. The van der Waals surface area contributed by atoms with Crippen molar-refractivity contribution in [2.24, 2.45) is 0 Å². The van der Waals surface area contributed by atoms with Crippen molar-refractivity contribution in [3.8, 4) is 0 Å². The van der Waals surface area contributed by atoms with E-state index in [0.29, 0.717) is 10.6 Å². The number of carbonyl (C=O) groups is 2. The molecule has 0 spiro atoms. The third-order valence-electron chi connectivity index (χ3n) is 4.53. The van der Waals surface area contributed by atoms with E-state index < -0.39 is 34.4 Å². The minimum Gasteiger partial charge on any atom is -0.357 e. The zero-order chi connectivity index (χ0) is 23.3. The summed E-state index contributed by atoms with van der Waals surface area (Å²) in [5.41, 5.74) is 0.873. The molecule has 0 heterocycles. The van der Waals surface area contributed by atoms with E-state index in [1.54, 1.807) is 31.2 Å². The molecule has 11 heteroatoms. The maximum absolute atomic E-state index is 13.2. The largest absolute Gasteiger partial charge is 0.357 e. The van der Waals surface area contributed by atoms with Gasteiger partial charge in [0.15, 0.2) is 0 Å². The summed E-state index contributed by atoms with van der Waals surface area (Å²) in [4.78, 5) is 26.8. The summed E-state index contributed by atoms with van der Waals surface area (Å²) in [5, 5.41) is 3.38. The van der Waals surface area contributed by atoms with Gasteiger partial charge in [0.05, 0.1) is 22.0 Å². The summed E-state index contributed by atoms with van der Waals surface area (Å²) < 4.78 is 25.8. The molecule has 0 aliphatic carbocycles. The molecule has 2 aromatic rings. The molecule has 0 unspecified atom stereocenters. The van der Waals surface area contributed by atoms with Crippen LogP contribution >= 0.6 is 34.8 Å². The number of nitrogens with one attached hydrogen (secondary N) is 1. The van der Waals surface area contributed by atoms with Crippen LogP contribution < -0.4 is 9.62 Å². The van der Waals surface area contributed by atoms with Gasteiger partial charge in [-0.1, -0.05) is 46.9 Å². The zero-order valence-corrected chi connectivity index (χ0v) is 20.2. The molecular weight excluding hydrogens is 485 g/mol. The monoisotopic (exact) mass is 505 g/mol. The molecular formula is C20H22Cl3N3O4S. The molecule has 31 heavy (non-hydrogen) atoms. The maximum Gasteiger partial charge on any atom is 0.244 e. The van der Waals surface area contributed by atoms with Crippen LogP contribution in [0.15, 0.2) is 42.5 Å². The molecule has 0 saturated carbocycles. The molecule has 0 aliphatic rings. The summed E-state index contributed by atoms with van der Waals surface area (Å²) in [7, 11) is -2.39. The fourth-order valence-electron chi connectivity index (χ4n) is 2.88. The number of likely N-dealkylation sites (N-methyl/N-ethyl adjacent to an activating group) is 1. The fourth-order valence-corrected chi connectivity index (χ4v) is 4.22. The molecule has 0 radical (unpaired) electrons. The van der Waals surface area contributed by atoms with E-state index in [4.69, 9.17) is 34.8 Å². The Hall–Kier alpha value is -2.00. The van der Waals surface area contributed by atoms with Gasteiger partial charge in [0.2, 0.25) is 21.8 Å². The molecule has 2 aromatic carbocycles. The lowest BCUT2D eigenvalue weighted by Crippen LogP contribution is -2.50. The molecule has 0 aromatic heterocycles. The van der Waals surface area contributed by atoms with Gasteiger partial charge >= 0.3 is 0 Å². The van der Waals surface area contributed by atoms with E-state index >= 15 is 0 Å². The minimum atomic E-state index is -3.84. The Morgan fingerprint density at radius 2 is 1.74 bits per heavy atom. The summed E-state index contributed by atoms with van der Waals surface area (Å²) in [5.74, 6) is -0.969. The lowest BCUT2D eigenvalue weighted by Gasteiger charge is -2.31. The Kier molecular flexibility index (Phi) is 8.59. The van der Waals surface area contributed by atoms with Gasteiger partial charge in [-0.15, -0.1) is 0 Å². The third kappa shape index (κ3) is 6.74. The van der Waals surface area contributed by atoms with Gasteiger partial charge in [0.1, 0.15) is 12.6 Å². The van der Waals surface area contributed by atoms with Crippen LogP contribution in [0.4, 0.5) is 5.69 Å². The quantitative estimate of drug-likeness (QED) is 0.593. The number of anilines is 1. The summed E-state index contributed by atoms with van der Waals surface area (Å²) in [6, 6.07) is 10.2. The van der Waals surface area contributed by atoms with E-state index in [9.17, 15) is 18.0 Å². The number of carbonyl (C=O) groups excluding carboxylic acids is 2. The number of hydrogen-bond acceptors (Lipinski definition) is 4. The predicted molar refractivity (Wildman–Crippen MR) is 124 cm³/mol. The minimum absolute atomic E-state index is 0.0625. The van der Waals surface area contributed by atoms with Crippen molar-refractivity contribution < 1.29 is 18.0 Å². The second-order valence-corrected chi connectivity index (χ2v) is 9.97. The van der Waals surface area contributed by atoms with E-state index in [2.05, 4.69) is 5.32 Å². The van der Waals surface area contributed by atoms with Crippen LogP contribution in [0.5, 0.6) is 0 Å². The number of benzene rings is 2. The molecule has 0 fully saturated rings. The van der Waals surface area contributed by atoms with E-state index in [1.165, 1.54) is 30.1 Å². The average Bonchev–Trinajstić information content (AvgIpc) is 2.70. The number of amides is 2. The molecule has 1 N–H and O–H groups in total. The van der Waals surface area contributed by atoms with Gasteiger partial charge < -0.3 is 10.2 Å². The Morgan fingerprint density at radius 1 is 1.06 bits per heavy atom. The highest BCUT2D eigenvalue weighted by molar-refractivity contribution is 7.92. The van der Waals surface area contributed by atoms with Crippen molar-refractivity contribution in [2.45, 2.75) is 19.5 Å². The van der Waals surface area contributed by atoms with Crippen molar-refractivity contribution >= 4 is 62.3 Å². The standard InChI is InChI=1S/C20H22Cl3N3O4S/c1-13(20(28)24-2)25(11-14-5-4-6-15(21)9-14)19(27)12-26(31(3,29)30)16-7-8-17(22)18(23)10-16/h4-10,13H,11-12H2,1-3H3,(H,24,28)/t13-/m1/s1. The van der Waals surface area contributed by atoms with Crippen LogP contribution in [0.2, 0.25) is 15.1 Å². The molecule has 2 amide bonds. The molecule has 2 rings (SSSR count). The van der Waals surface area contributed by atoms with Crippen LogP contribution in [0.1, 0.15) is 12.5 Å². The lowest BCUT2D eigenvalue weighted by molar-refractivity contribution is -0.139. The lowest BCUT2D eigenvalue weighted by atomic mass is 10.1. The number of rotatable bonds is 8. The van der Waals surface area contributed by atoms with Crippen LogP contribution in [0.3, 0.4) is 0 Å². The van der Waals surface area contributed by atoms with Crippen molar-refractivity contribution in [3.63, 3.8) is 0 Å². The van der Waals surface area contributed by atoms with Gasteiger partial charge in [-0.25, -0.2) is 8.42 Å². The zero-order valence-electron chi connectivity index (χ0n) is 17.1. The normalized spacial score (nSPS) is 12.2. The molecule has 0 aliphatic heterocycles. The number of nitrogens with zero attached hydrogens (tertiary/aromatic N) is 2. The molecule has 1 atom stereocenters.